The second-order valence-corrected chi connectivity index (χ2v) is 15.5. The van der Waals surface area contributed by atoms with Gasteiger partial charge in [0.1, 0.15) is 16.5 Å². The van der Waals surface area contributed by atoms with Gasteiger partial charge in [-0.2, -0.15) is 0 Å². The summed E-state index contributed by atoms with van der Waals surface area (Å²) >= 11 is 0. The molecule has 0 atom stereocenters. The maximum absolute atomic E-state index is 4.15. The summed E-state index contributed by atoms with van der Waals surface area (Å²) in [6.07, 6.45) is 4.09. The van der Waals surface area contributed by atoms with E-state index in [-0.39, 0.29) is 0 Å². The molecule has 0 saturated carbocycles. The molecule has 0 aromatic heterocycles. The smallest absolute Gasteiger partial charge is 0.119 e. The first-order valence-corrected chi connectivity index (χ1v) is 12.8. The molecule has 0 aromatic rings. The largest absolute Gasteiger partial charge is 0.359 e. The number of rotatable bonds is 8. The lowest BCUT2D eigenvalue weighted by Crippen LogP contribution is -2.60. The molecule has 1 nitrogen and oxygen atoms in total. The predicted molar refractivity (Wildman–Crippen MR) is 77.5 cm³/mol. The van der Waals surface area contributed by atoms with Crippen molar-refractivity contribution < 1.29 is 0 Å². The Labute approximate surface area is 99.2 Å². The highest BCUT2D eigenvalue weighted by Crippen LogP contribution is 2.25. The highest BCUT2D eigenvalue weighted by molar-refractivity contribution is 6.91. The van der Waals surface area contributed by atoms with Gasteiger partial charge in [-0.3, -0.25) is 0 Å². The van der Waals surface area contributed by atoms with E-state index in [1.165, 1.54) is 37.4 Å². The van der Waals surface area contributed by atoms with E-state index < -0.39 is 16.5 Å². The van der Waals surface area contributed by atoms with E-state index in [9.17, 15) is 0 Å². The third-order valence-electron chi connectivity index (χ3n) is 2.83. The Balaban J connectivity index is 4.60. The highest BCUT2D eigenvalue weighted by atomic mass is 28.4. The molecule has 0 radical (unpaired) electrons. The Morgan fingerprint density at radius 1 is 0.733 bits per heavy atom. The number of nitrogens with one attached hydrogen (secondary N) is 1. The lowest BCUT2D eigenvalue weighted by molar-refractivity contribution is 0.896. The van der Waals surface area contributed by atoms with Crippen molar-refractivity contribution in [3.05, 3.63) is 0 Å². The van der Waals surface area contributed by atoms with E-state index in [1.807, 2.05) is 0 Å². The van der Waals surface area contributed by atoms with Crippen LogP contribution in [0, 0.1) is 0 Å². The zero-order valence-electron chi connectivity index (χ0n) is 11.7. The van der Waals surface area contributed by atoms with Gasteiger partial charge in [0.05, 0.1) is 0 Å². The Morgan fingerprint density at radius 3 is 1.27 bits per heavy atom. The Hall–Kier alpha value is 0.394. The van der Waals surface area contributed by atoms with Gasteiger partial charge in [0.25, 0.3) is 0 Å². The Bertz CT molecular complexity index is 146. The lowest BCUT2D eigenvalue weighted by atomic mass is 10.6. The third kappa shape index (κ3) is 6.53. The van der Waals surface area contributed by atoms with Crippen LogP contribution < -0.4 is 4.65 Å². The molecule has 0 rings (SSSR count). The summed E-state index contributed by atoms with van der Waals surface area (Å²) in [5, 5.41) is 0. The summed E-state index contributed by atoms with van der Waals surface area (Å²) in [6, 6.07) is 4.46. The average molecular weight is 246 g/mol. The maximum Gasteiger partial charge on any atom is 0.119 e. The van der Waals surface area contributed by atoms with Crippen LogP contribution in [-0.4, -0.2) is 16.5 Å². The van der Waals surface area contributed by atoms with E-state index in [1.54, 1.807) is 0 Å². The molecule has 0 bridgehead atoms. The molecule has 0 spiro atoms. The molecule has 0 aliphatic heterocycles. The van der Waals surface area contributed by atoms with Crippen LogP contribution in [0.2, 0.25) is 37.8 Å². The minimum Gasteiger partial charge on any atom is -0.359 e. The topological polar surface area (TPSA) is 12.0 Å². The zero-order valence-corrected chi connectivity index (χ0v) is 13.7. The van der Waals surface area contributed by atoms with Crippen LogP contribution in [0.4, 0.5) is 0 Å². The van der Waals surface area contributed by atoms with E-state index in [0.717, 1.165) is 0 Å². The van der Waals surface area contributed by atoms with Gasteiger partial charge < -0.3 is 4.65 Å². The van der Waals surface area contributed by atoms with Crippen molar-refractivity contribution in [3.63, 3.8) is 0 Å². The fourth-order valence-electron chi connectivity index (χ4n) is 2.79. The monoisotopic (exact) mass is 245 g/mol. The predicted octanol–water partition coefficient (Wildman–Crippen LogP) is 4.59. The van der Waals surface area contributed by atoms with Crippen LogP contribution >= 0.6 is 0 Å². The first kappa shape index (κ1) is 15.4. The maximum atomic E-state index is 4.15. The lowest BCUT2D eigenvalue weighted by Gasteiger charge is -2.38. The van der Waals surface area contributed by atoms with Crippen molar-refractivity contribution >= 4 is 16.5 Å². The van der Waals surface area contributed by atoms with Crippen molar-refractivity contribution in [2.24, 2.45) is 0 Å². The van der Waals surface area contributed by atoms with Gasteiger partial charge in [0.15, 0.2) is 0 Å². The van der Waals surface area contributed by atoms with Crippen LogP contribution in [0.5, 0.6) is 0 Å². The molecule has 1 N–H and O–H groups in total. The normalized spacial score (nSPS) is 13.2. The quantitative estimate of drug-likeness (QED) is 0.617. The molecule has 0 saturated heterocycles. The number of hydrogen-bond donors (Lipinski definition) is 1. The zero-order chi connectivity index (χ0) is 11.9. The van der Waals surface area contributed by atoms with Crippen LogP contribution in [-0.2, 0) is 0 Å². The SMILES string of the molecule is CCC[Si](CCC)(CCC)N[Si](C)(C)C. The summed E-state index contributed by atoms with van der Waals surface area (Å²) in [5.74, 6) is 0. The summed E-state index contributed by atoms with van der Waals surface area (Å²) in [4.78, 5) is 0. The van der Waals surface area contributed by atoms with Crippen molar-refractivity contribution in [2.75, 3.05) is 0 Å². The first-order valence-electron chi connectivity index (χ1n) is 6.68. The van der Waals surface area contributed by atoms with E-state index >= 15 is 0 Å². The molecular weight excluding hydrogens is 214 g/mol. The minimum atomic E-state index is -1.12. The minimum absolute atomic E-state index is 1.09. The van der Waals surface area contributed by atoms with Crippen LogP contribution in [0.3, 0.4) is 0 Å². The van der Waals surface area contributed by atoms with Gasteiger partial charge in [0.2, 0.25) is 0 Å². The van der Waals surface area contributed by atoms with Gasteiger partial charge in [-0.1, -0.05) is 59.7 Å². The second-order valence-electron chi connectivity index (χ2n) is 5.91. The molecule has 0 unspecified atom stereocenters. The van der Waals surface area contributed by atoms with Gasteiger partial charge in [-0.05, 0) is 18.1 Å². The highest BCUT2D eigenvalue weighted by Gasteiger charge is 2.34. The van der Waals surface area contributed by atoms with E-state index in [4.69, 9.17) is 0 Å². The molecular formula is C12H31NSi2. The van der Waals surface area contributed by atoms with Crippen molar-refractivity contribution in [3.8, 4) is 0 Å². The van der Waals surface area contributed by atoms with Crippen molar-refractivity contribution in [2.45, 2.75) is 77.8 Å². The van der Waals surface area contributed by atoms with E-state index in [0.29, 0.717) is 0 Å². The average Bonchev–Trinajstić information content (AvgIpc) is 2.01. The Morgan fingerprint density at radius 2 is 1.07 bits per heavy atom. The van der Waals surface area contributed by atoms with Crippen LogP contribution in [0.15, 0.2) is 0 Å². The number of hydrogen-bond acceptors (Lipinski definition) is 1. The molecule has 0 heterocycles. The van der Waals surface area contributed by atoms with Crippen LogP contribution in [0.1, 0.15) is 40.0 Å². The Kier molecular flexibility index (Phi) is 7.05. The van der Waals surface area contributed by atoms with E-state index in [2.05, 4.69) is 45.1 Å². The molecule has 0 fully saturated rings. The molecule has 0 aromatic carbocycles. The molecule has 92 valence electrons. The molecule has 3 heteroatoms. The van der Waals surface area contributed by atoms with Crippen molar-refractivity contribution in [1.82, 2.24) is 4.65 Å². The third-order valence-corrected chi connectivity index (χ3v) is 12.3. The van der Waals surface area contributed by atoms with Gasteiger partial charge in [0, 0.05) is 0 Å². The summed E-state index contributed by atoms with van der Waals surface area (Å²) in [7, 11) is -2.21. The van der Waals surface area contributed by atoms with Crippen molar-refractivity contribution in [1.29, 1.82) is 0 Å². The van der Waals surface area contributed by atoms with Gasteiger partial charge in [-0.25, -0.2) is 0 Å². The molecule has 0 aliphatic rings. The first-order chi connectivity index (χ1) is 6.89. The second kappa shape index (κ2) is 6.87. The van der Waals surface area contributed by atoms with Crippen LogP contribution in [0.25, 0.3) is 0 Å². The fraction of sp³-hybridized carbons (Fsp3) is 1.00. The molecule has 0 aliphatic carbocycles. The van der Waals surface area contributed by atoms with Gasteiger partial charge >= 0.3 is 0 Å². The summed E-state index contributed by atoms with van der Waals surface area (Å²) in [5.41, 5.74) is 0. The molecule has 0 amide bonds. The summed E-state index contributed by atoms with van der Waals surface area (Å²) < 4.78 is 4.15. The standard InChI is InChI=1S/C12H31NSi2/c1-7-10-15(11-8-2,12-9-3)13-14(4,5)6/h13H,7-12H2,1-6H3. The molecule has 15 heavy (non-hydrogen) atoms. The fourth-order valence-corrected chi connectivity index (χ4v) is 14.3. The van der Waals surface area contributed by atoms with Gasteiger partial charge in [-0.15, -0.1) is 0 Å². The summed E-state index contributed by atoms with van der Waals surface area (Å²) in [6.45, 7) is 14.4.